The lowest BCUT2D eigenvalue weighted by Crippen LogP contribution is -2.09. The van der Waals surface area contributed by atoms with Gasteiger partial charge in [0.1, 0.15) is 16.5 Å². The maximum atomic E-state index is 5.16. The van der Waals surface area contributed by atoms with E-state index in [0.29, 0.717) is 0 Å². The van der Waals surface area contributed by atoms with Crippen LogP contribution in [-0.4, -0.2) is 30.2 Å². The number of methoxy groups -OCH3 is 1. The number of hydrogen-bond donors (Lipinski definition) is 1. The van der Waals surface area contributed by atoms with Crippen LogP contribution in [0.1, 0.15) is 34.7 Å². The van der Waals surface area contributed by atoms with E-state index in [2.05, 4.69) is 29.6 Å². The van der Waals surface area contributed by atoms with Crippen molar-refractivity contribution in [1.82, 2.24) is 9.97 Å². The van der Waals surface area contributed by atoms with Crippen molar-refractivity contribution in [3.8, 4) is 0 Å². The van der Waals surface area contributed by atoms with Crippen molar-refractivity contribution in [1.29, 1.82) is 0 Å². The molecule has 1 aliphatic rings. The third kappa shape index (κ3) is 3.53. The molecule has 0 amide bonds. The summed E-state index contributed by atoms with van der Waals surface area (Å²) in [6.07, 6.45) is 5.34. The Hall–Kier alpha value is -1.98. The van der Waals surface area contributed by atoms with E-state index in [1.165, 1.54) is 34.2 Å². The average molecular weight is 353 g/mol. The summed E-state index contributed by atoms with van der Waals surface area (Å²) in [5.74, 6) is 1.90. The molecule has 0 atom stereocenters. The molecule has 0 saturated carbocycles. The van der Waals surface area contributed by atoms with Crippen LogP contribution in [0.4, 0.5) is 5.82 Å². The van der Waals surface area contributed by atoms with E-state index < -0.39 is 0 Å². The summed E-state index contributed by atoms with van der Waals surface area (Å²) < 4.78 is 5.16. The van der Waals surface area contributed by atoms with Crippen LogP contribution in [0.25, 0.3) is 10.2 Å². The zero-order chi connectivity index (χ0) is 17.1. The summed E-state index contributed by atoms with van der Waals surface area (Å²) in [5.41, 5.74) is 2.72. The smallest absolute Gasteiger partial charge is 0.138 e. The van der Waals surface area contributed by atoms with Crippen molar-refractivity contribution in [2.75, 3.05) is 25.6 Å². The molecule has 4 nitrogen and oxygen atoms in total. The molecule has 5 heteroatoms. The van der Waals surface area contributed by atoms with Gasteiger partial charge in [-0.15, -0.1) is 11.3 Å². The number of anilines is 1. The molecule has 1 N–H and O–H groups in total. The fourth-order valence-corrected chi connectivity index (χ4v) is 4.73. The molecule has 130 valence electrons. The van der Waals surface area contributed by atoms with Crippen LogP contribution in [0.5, 0.6) is 0 Å². The maximum absolute atomic E-state index is 5.16. The van der Waals surface area contributed by atoms with Gasteiger partial charge in [0.25, 0.3) is 0 Å². The van der Waals surface area contributed by atoms with E-state index in [1.54, 1.807) is 7.11 Å². The lowest BCUT2D eigenvalue weighted by atomic mass is 10.1. The molecule has 0 aliphatic heterocycles. The quantitative estimate of drug-likeness (QED) is 0.646. The Morgan fingerprint density at radius 3 is 2.88 bits per heavy atom. The first-order chi connectivity index (χ1) is 12.3. The van der Waals surface area contributed by atoms with Gasteiger partial charge in [-0.05, 0) is 36.8 Å². The SMILES string of the molecule is COCCCNc1nc(Cc2ccccc2)nc2sc3c(c12)CCC3. The summed E-state index contributed by atoms with van der Waals surface area (Å²) in [4.78, 5) is 12.4. The van der Waals surface area contributed by atoms with Crippen molar-refractivity contribution in [3.63, 3.8) is 0 Å². The highest BCUT2D eigenvalue weighted by molar-refractivity contribution is 7.19. The molecule has 1 aromatic carbocycles. The van der Waals surface area contributed by atoms with E-state index in [-0.39, 0.29) is 0 Å². The van der Waals surface area contributed by atoms with Crippen LogP contribution in [0.15, 0.2) is 30.3 Å². The normalized spacial score (nSPS) is 13.3. The summed E-state index contributed by atoms with van der Waals surface area (Å²) in [6, 6.07) is 10.4. The number of hydrogen-bond acceptors (Lipinski definition) is 5. The Kier molecular flexibility index (Phi) is 4.95. The number of nitrogens with one attached hydrogen (secondary N) is 1. The van der Waals surface area contributed by atoms with Crippen LogP contribution in [0.2, 0.25) is 0 Å². The molecule has 0 spiro atoms. The molecule has 2 heterocycles. The predicted molar refractivity (Wildman–Crippen MR) is 104 cm³/mol. The third-order valence-electron chi connectivity index (χ3n) is 4.63. The molecule has 0 bridgehead atoms. The van der Waals surface area contributed by atoms with Crippen molar-refractivity contribution < 1.29 is 4.74 Å². The van der Waals surface area contributed by atoms with Crippen LogP contribution in [-0.2, 0) is 24.0 Å². The lowest BCUT2D eigenvalue weighted by molar-refractivity contribution is 0.198. The van der Waals surface area contributed by atoms with Gasteiger partial charge in [0.15, 0.2) is 0 Å². The molecule has 1 aliphatic carbocycles. The molecular weight excluding hydrogens is 330 g/mol. The number of rotatable bonds is 7. The maximum Gasteiger partial charge on any atom is 0.138 e. The predicted octanol–water partition coefficient (Wildman–Crippen LogP) is 4.22. The van der Waals surface area contributed by atoms with E-state index in [9.17, 15) is 0 Å². The van der Waals surface area contributed by atoms with Gasteiger partial charge in [-0.25, -0.2) is 9.97 Å². The second kappa shape index (κ2) is 7.50. The highest BCUT2D eigenvalue weighted by Gasteiger charge is 2.22. The highest BCUT2D eigenvalue weighted by atomic mass is 32.1. The minimum atomic E-state index is 0.764. The number of benzene rings is 1. The second-order valence-corrected chi connectivity index (χ2v) is 7.55. The Balaban J connectivity index is 1.68. The lowest BCUT2D eigenvalue weighted by Gasteiger charge is -2.10. The summed E-state index contributed by atoms with van der Waals surface area (Å²) in [6.45, 7) is 1.63. The fourth-order valence-electron chi connectivity index (χ4n) is 3.45. The Morgan fingerprint density at radius 2 is 2.04 bits per heavy atom. The monoisotopic (exact) mass is 353 g/mol. The van der Waals surface area contributed by atoms with Gasteiger partial charge in [0, 0.05) is 31.6 Å². The van der Waals surface area contributed by atoms with Gasteiger partial charge in [-0.1, -0.05) is 30.3 Å². The number of nitrogens with zero attached hydrogens (tertiary/aromatic N) is 2. The number of thiophene rings is 1. The number of fused-ring (bicyclic) bond motifs is 3. The Labute approximate surface area is 152 Å². The minimum absolute atomic E-state index is 0.764. The third-order valence-corrected chi connectivity index (χ3v) is 5.82. The van der Waals surface area contributed by atoms with Crippen LogP contribution in [0.3, 0.4) is 0 Å². The standard InChI is InChI=1S/C20H23N3OS/c1-24-12-6-11-21-19-18-15-9-5-10-16(15)25-20(18)23-17(22-19)13-14-7-3-2-4-8-14/h2-4,7-8H,5-6,9-13H2,1H3,(H,21,22,23). The van der Waals surface area contributed by atoms with Crippen LogP contribution < -0.4 is 5.32 Å². The molecule has 0 fully saturated rings. The van der Waals surface area contributed by atoms with Crippen molar-refractivity contribution in [2.24, 2.45) is 0 Å². The topological polar surface area (TPSA) is 47.0 Å². The fraction of sp³-hybridized carbons (Fsp3) is 0.400. The first kappa shape index (κ1) is 16.5. The van der Waals surface area contributed by atoms with Gasteiger partial charge in [-0.3, -0.25) is 0 Å². The van der Waals surface area contributed by atoms with Gasteiger partial charge in [-0.2, -0.15) is 0 Å². The first-order valence-corrected chi connectivity index (χ1v) is 9.74. The van der Waals surface area contributed by atoms with E-state index in [1.807, 2.05) is 17.4 Å². The molecule has 0 unspecified atom stereocenters. The molecule has 4 rings (SSSR count). The van der Waals surface area contributed by atoms with Gasteiger partial charge < -0.3 is 10.1 Å². The average Bonchev–Trinajstić information content (AvgIpc) is 3.20. The van der Waals surface area contributed by atoms with Crippen molar-refractivity contribution in [2.45, 2.75) is 32.1 Å². The number of aryl methyl sites for hydroxylation is 2. The van der Waals surface area contributed by atoms with Crippen molar-refractivity contribution >= 4 is 27.4 Å². The zero-order valence-electron chi connectivity index (χ0n) is 14.5. The molecular formula is C20H23N3OS. The molecule has 3 aromatic rings. The summed E-state index contributed by atoms with van der Waals surface area (Å²) in [7, 11) is 1.74. The van der Waals surface area contributed by atoms with Crippen LogP contribution >= 0.6 is 11.3 Å². The highest BCUT2D eigenvalue weighted by Crippen LogP contribution is 2.39. The van der Waals surface area contributed by atoms with Crippen molar-refractivity contribution in [3.05, 3.63) is 52.2 Å². The molecule has 2 aromatic heterocycles. The first-order valence-electron chi connectivity index (χ1n) is 8.93. The second-order valence-electron chi connectivity index (χ2n) is 6.46. The van der Waals surface area contributed by atoms with E-state index in [4.69, 9.17) is 14.7 Å². The van der Waals surface area contributed by atoms with E-state index >= 15 is 0 Å². The van der Waals surface area contributed by atoms with E-state index in [0.717, 1.165) is 48.9 Å². The molecule has 0 radical (unpaired) electrons. The largest absolute Gasteiger partial charge is 0.385 e. The van der Waals surface area contributed by atoms with Gasteiger partial charge >= 0.3 is 0 Å². The number of aromatic nitrogens is 2. The van der Waals surface area contributed by atoms with Gasteiger partial charge in [0.05, 0.1) is 5.39 Å². The number of ether oxygens (including phenoxy) is 1. The van der Waals surface area contributed by atoms with Crippen LogP contribution in [0, 0.1) is 0 Å². The van der Waals surface area contributed by atoms with Gasteiger partial charge in [0.2, 0.25) is 0 Å². The minimum Gasteiger partial charge on any atom is -0.385 e. The summed E-state index contributed by atoms with van der Waals surface area (Å²) >= 11 is 1.85. The zero-order valence-corrected chi connectivity index (χ0v) is 15.4. The molecule has 25 heavy (non-hydrogen) atoms. The Morgan fingerprint density at radius 1 is 1.16 bits per heavy atom. The summed E-state index contributed by atoms with van der Waals surface area (Å²) in [5, 5.41) is 4.80. The Bertz CT molecular complexity index is 860. The molecule has 0 saturated heterocycles.